The number of nitrogens with zero attached hydrogens (tertiary/aromatic N) is 4. The molecule has 0 aliphatic carbocycles. The molecule has 1 N–H and O–H groups in total. The molecule has 0 atom stereocenters. The maximum Gasteiger partial charge on any atom is 0.411 e. The molecule has 11 nitrogen and oxygen atoms in total. The predicted molar refractivity (Wildman–Crippen MR) is 153 cm³/mol. The van der Waals surface area contributed by atoms with Gasteiger partial charge in [0, 0.05) is 37.7 Å². The van der Waals surface area contributed by atoms with Crippen molar-refractivity contribution in [3.63, 3.8) is 0 Å². The smallest absolute Gasteiger partial charge is 0.411 e. The first kappa shape index (κ1) is 32.9. The number of anilines is 1. The summed E-state index contributed by atoms with van der Waals surface area (Å²) in [7, 11) is -3.92. The monoisotopic (exact) mass is 649 g/mol. The van der Waals surface area contributed by atoms with E-state index in [0.29, 0.717) is 29.8 Å². The summed E-state index contributed by atoms with van der Waals surface area (Å²) in [5.41, 5.74) is -1.23. The van der Waals surface area contributed by atoms with Gasteiger partial charge in [-0.25, -0.2) is 30.8 Å². The second-order valence-electron chi connectivity index (χ2n) is 9.38. The Hall–Kier alpha value is -4.99. The third-order valence-corrected chi connectivity index (χ3v) is 8.16. The van der Waals surface area contributed by atoms with Crippen LogP contribution in [0.5, 0.6) is 0 Å². The van der Waals surface area contributed by atoms with Gasteiger partial charge in [0.15, 0.2) is 18.4 Å². The first-order chi connectivity index (χ1) is 21.4. The molecule has 0 aliphatic rings. The van der Waals surface area contributed by atoms with E-state index in [1.165, 1.54) is 30.3 Å². The lowest BCUT2D eigenvalue weighted by Crippen LogP contribution is -2.34. The minimum atomic E-state index is -5.15. The number of aryl methyl sites for hydroxylation is 1. The van der Waals surface area contributed by atoms with Crippen molar-refractivity contribution in [2.45, 2.75) is 30.2 Å². The standard InChI is InChI=1S/C29H27F4N5O6S/c1-4-38-14-19(17-8-10-34-11-9-17)28(36-38)25-26(32)21(35-16-44-29(40)37(3)15-24(39)43-5-2)13-23(27(25)33)45(41,42)22-12-18(30)6-7-20(22)31/h6-14,35H,4-5,15-16H2,1-3H3. The average molecular weight is 650 g/mol. The third-order valence-electron chi connectivity index (χ3n) is 6.39. The maximum absolute atomic E-state index is 16.3. The molecule has 0 spiro atoms. The van der Waals surface area contributed by atoms with E-state index in [1.807, 2.05) is 0 Å². The molecule has 2 heterocycles. The fourth-order valence-corrected chi connectivity index (χ4v) is 5.65. The van der Waals surface area contributed by atoms with Crippen LogP contribution >= 0.6 is 0 Å². The summed E-state index contributed by atoms with van der Waals surface area (Å²) in [6.45, 7) is 2.42. The lowest BCUT2D eigenvalue weighted by molar-refractivity contribution is -0.143. The maximum atomic E-state index is 16.3. The predicted octanol–water partition coefficient (Wildman–Crippen LogP) is 5.02. The minimum Gasteiger partial charge on any atom is -0.465 e. The Labute approximate surface area is 255 Å². The molecule has 0 bridgehead atoms. The van der Waals surface area contributed by atoms with E-state index in [1.54, 1.807) is 26.0 Å². The van der Waals surface area contributed by atoms with Gasteiger partial charge in [0.2, 0.25) is 9.84 Å². The van der Waals surface area contributed by atoms with E-state index in [9.17, 15) is 26.8 Å². The van der Waals surface area contributed by atoms with Crippen molar-refractivity contribution in [2.24, 2.45) is 0 Å². The summed E-state index contributed by atoms with van der Waals surface area (Å²) in [5.74, 6) is -6.14. The second-order valence-corrected chi connectivity index (χ2v) is 11.3. The molecule has 4 aromatic rings. The molecule has 238 valence electrons. The van der Waals surface area contributed by atoms with Gasteiger partial charge >= 0.3 is 12.1 Å². The molecule has 0 aliphatic heterocycles. The van der Waals surface area contributed by atoms with Crippen LogP contribution in [0, 0.1) is 23.3 Å². The van der Waals surface area contributed by atoms with Crippen LogP contribution in [-0.4, -0.2) is 67.1 Å². The van der Waals surface area contributed by atoms with Gasteiger partial charge in [0.25, 0.3) is 0 Å². The van der Waals surface area contributed by atoms with Crippen LogP contribution in [0.3, 0.4) is 0 Å². The largest absolute Gasteiger partial charge is 0.465 e. The highest BCUT2D eigenvalue weighted by atomic mass is 32.2. The molecule has 0 radical (unpaired) electrons. The van der Waals surface area contributed by atoms with Gasteiger partial charge in [-0.3, -0.25) is 14.5 Å². The Balaban J connectivity index is 1.84. The van der Waals surface area contributed by atoms with E-state index >= 15 is 8.78 Å². The van der Waals surface area contributed by atoms with Gasteiger partial charge in [-0.05, 0) is 55.8 Å². The highest BCUT2D eigenvalue weighted by Gasteiger charge is 2.33. The molecule has 4 rings (SSSR count). The van der Waals surface area contributed by atoms with E-state index in [-0.39, 0.29) is 24.4 Å². The molecule has 0 unspecified atom stereocenters. The SMILES string of the molecule is CCOC(=O)CN(C)C(=O)OCNc1cc(S(=O)(=O)c2cc(F)ccc2F)c(F)c(-c2nn(CC)cc2-c2ccncc2)c1F. The van der Waals surface area contributed by atoms with E-state index in [0.717, 1.165) is 4.90 Å². The fraction of sp³-hybridized carbons (Fsp3) is 0.241. The number of benzene rings is 2. The highest BCUT2D eigenvalue weighted by Crippen LogP contribution is 2.40. The summed E-state index contributed by atoms with van der Waals surface area (Å²) < 4.78 is 99.4. The normalized spacial score (nSPS) is 11.3. The molecule has 45 heavy (non-hydrogen) atoms. The third kappa shape index (κ3) is 7.06. The number of hydrogen-bond acceptors (Lipinski definition) is 9. The molecule has 16 heteroatoms. The lowest BCUT2D eigenvalue weighted by Gasteiger charge is -2.18. The van der Waals surface area contributed by atoms with Crippen molar-refractivity contribution in [1.82, 2.24) is 19.7 Å². The average Bonchev–Trinajstić information content (AvgIpc) is 3.44. The van der Waals surface area contributed by atoms with E-state index in [2.05, 4.69) is 15.4 Å². The first-order valence-electron chi connectivity index (χ1n) is 13.4. The van der Waals surface area contributed by atoms with Crippen LogP contribution in [-0.2, 0) is 30.7 Å². The first-order valence-corrected chi connectivity index (χ1v) is 14.8. The number of aromatic nitrogens is 3. The van der Waals surface area contributed by atoms with Gasteiger partial charge in [-0.15, -0.1) is 0 Å². The number of rotatable bonds is 11. The number of esters is 1. The van der Waals surface area contributed by atoms with Crippen LogP contribution in [0.4, 0.5) is 28.0 Å². The number of sulfone groups is 1. The van der Waals surface area contributed by atoms with Gasteiger partial charge < -0.3 is 19.7 Å². The number of amides is 1. The highest BCUT2D eigenvalue weighted by molar-refractivity contribution is 7.91. The van der Waals surface area contributed by atoms with Gasteiger partial charge in [-0.1, -0.05) is 0 Å². The van der Waals surface area contributed by atoms with Crippen LogP contribution < -0.4 is 5.32 Å². The number of nitrogens with one attached hydrogen (secondary N) is 1. The van der Waals surface area contributed by atoms with Crippen molar-refractivity contribution in [3.8, 4) is 22.4 Å². The number of ether oxygens (including phenoxy) is 2. The van der Waals surface area contributed by atoms with Gasteiger partial charge in [0.05, 0.1) is 17.9 Å². The van der Waals surface area contributed by atoms with Crippen LogP contribution in [0.15, 0.2) is 64.8 Å². The van der Waals surface area contributed by atoms with Gasteiger partial charge in [0.1, 0.15) is 33.7 Å². The Morgan fingerprint density at radius 2 is 1.69 bits per heavy atom. The van der Waals surface area contributed by atoms with E-state index in [4.69, 9.17) is 9.47 Å². The zero-order valence-electron chi connectivity index (χ0n) is 24.2. The van der Waals surface area contributed by atoms with Crippen molar-refractivity contribution >= 4 is 27.6 Å². The summed E-state index contributed by atoms with van der Waals surface area (Å²) in [6.07, 6.45) is 3.33. The van der Waals surface area contributed by atoms with Gasteiger partial charge in [-0.2, -0.15) is 5.10 Å². The van der Waals surface area contributed by atoms with E-state index < -0.39 is 79.5 Å². The molecule has 0 saturated heterocycles. The molecular weight excluding hydrogens is 622 g/mol. The number of likely N-dealkylation sites (N-methyl/N-ethyl adjacent to an activating group) is 1. The Morgan fingerprint density at radius 1 is 0.978 bits per heavy atom. The Bertz CT molecular complexity index is 1840. The lowest BCUT2D eigenvalue weighted by atomic mass is 10.0. The topological polar surface area (TPSA) is 133 Å². The quantitative estimate of drug-likeness (QED) is 0.103. The summed E-state index contributed by atoms with van der Waals surface area (Å²) in [6, 6.07) is 5.23. The number of carbonyl (C=O) groups is 2. The molecule has 2 aromatic heterocycles. The second kappa shape index (κ2) is 13.8. The summed E-state index contributed by atoms with van der Waals surface area (Å²) in [4.78, 5) is 26.4. The van der Waals surface area contributed by atoms with Crippen LogP contribution in [0.2, 0.25) is 0 Å². The number of halogens is 4. The zero-order valence-corrected chi connectivity index (χ0v) is 25.0. The minimum absolute atomic E-state index is 0.0829. The van der Waals surface area contributed by atoms with Crippen molar-refractivity contribution in [3.05, 3.63) is 78.3 Å². The molecule has 0 fully saturated rings. The zero-order chi connectivity index (χ0) is 32.9. The summed E-state index contributed by atoms with van der Waals surface area (Å²) in [5, 5.41) is 6.64. The Kier molecular flexibility index (Phi) is 10.1. The van der Waals surface area contributed by atoms with Crippen LogP contribution in [0.25, 0.3) is 22.4 Å². The Morgan fingerprint density at radius 3 is 2.36 bits per heavy atom. The molecule has 1 amide bonds. The van der Waals surface area contributed by atoms with Crippen LogP contribution in [0.1, 0.15) is 13.8 Å². The molecule has 0 saturated carbocycles. The number of hydrogen-bond donors (Lipinski definition) is 1. The van der Waals surface area contributed by atoms with Crippen molar-refractivity contribution < 1.29 is 45.0 Å². The van der Waals surface area contributed by atoms with Crippen molar-refractivity contribution in [1.29, 1.82) is 0 Å². The van der Waals surface area contributed by atoms with Crippen molar-refractivity contribution in [2.75, 3.05) is 32.2 Å². The fourth-order valence-electron chi connectivity index (χ4n) is 4.21. The molecule has 2 aromatic carbocycles. The summed E-state index contributed by atoms with van der Waals surface area (Å²) >= 11 is 0. The number of carbonyl (C=O) groups excluding carboxylic acids is 2. The number of pyridine rings is 1. The molecular formula is C29H27F4N5O6S.